The minimum absolute atomic E-state index is 0.0152. The van der Waals surface area contributed by atoms with E-state index in [1.165, 1.54) is 89.9 Å². The summed E-state index contributed by atoms with van der Waals surface area (Å²) in [6.45, 7) is 3.38. The number of aliphatic hydroxyl groups excluding tert-OH is 3. The van der Waals surface area contributed by atoms with E-state index >= 15 is 0 Å². The van der Waals surface area contributed by atoms with Gasteiger partial charge in [0, 0.05) is 19.3 Å². The number of ketones is 1. The van der Waals surface area contributed by atoms with Crippen LogP contribution in [-0.4, -0.2) is 113 Å². The number of esters is 2. The zero-order chi connectivity index (χ0) is 52.3. The normalized spacial score (nSPS) is 21.1. The first-order chi connectivity index (χ1) is 33.2. The molecule has 0 amide bonds. The molecule has 0 spiro atoms. The van der Waals surface area contributed by atoms with Gasteiger partial charge in [0.25, 0.3) is 0 Å². The second-order valence-corrected chi connectivity index (χ2v) is 22.6. The van der Waals surface area contributed by atoms with Crippen LogP contribution < -0.4 is 0 Å². The number of phosphoric ester groups is 3. The van der Waals surface area contributed by atoms with Crippen molar-refractivity contribution in [1.29, 1.82) is 0 Å². The molecular weight excluding hydrogens is 977 g/mol. The highest BCUT2D eigenvalue weighted by Crippen LogP contribution is 2.51. The average Bonchev–Trinajstić information content (AvgIpc) is 3.28. The number of carbonyl (C=O) groups excluding carboxylic acids is 3. The monoisotopic (exact) mass is 1070 g/mol. The third kappa shape index (κ3) is 35.1. The number of unbranched alkanes of at least 4 members (excludes halogenated alkanes) is 26. The summed E-state index contributed by atoms with van der Waals surface area (Å²) in [4.78, 5) is 85.1. The Morgan fingerprint density at radius 3 is 1.26 bits per heavy atom. The maximum Gasteiger partial charge on any atom is 0.472 e. The van der Waals surface area contributed by atoms with E-state index in [-0.39, 0.29) is 13.0 Å². The Morgan fingerprint density at radius 2 is 0.829 bits per heavy atom. The van der Waals surface area contributed by atoms with Crippen LogP contribution in [0.15, 0.2) is 0 Å². The molecule has 23 heteroatoms. The molecule has 1 aliphatic carbocycles. The molecule has 1 aliphatic rings. The van der Waals surface area contributed by atoms with E-state index in [0.717, 1.165) is 89.9 Å². The number of rotatable bonds is 46. The highest BCUT2D eigenvalue weighted by Gasteiger charge is 2.56. The lowest BCUT2D eigenvalue weighted by Gasteiger charge is -2.44. The fourth-order valence-electron chi connectivity index (χ4n) is 8.44. The second kappa shape index (κ2) is 39.3. The summed E-state index contributed by atoms with van der Waals surface area (Å²) in [6.07, 6.45) is 16.0. The lowest BCUT2D eigenvalue weighted by atomic mass is 9.85. The van der Waals surface area contributed by atoms with Crippen LogP contribution in [0, 0.1) is 0 Å². The zero-order valence-electron chi connectivity index (χ0n) is 42.1. The summed E-state index contributed by atoms with van der Waals surface area (Å²) in [7, 11) is -16.6. The van der Waals surface area contributed by atoms with Gasteiger partial charge in [-0.05, 0) is 25.7 Å². The summed E-state index contributed by atoms with van der Waals surface area (Å²) in [5.74, 6) is -1.12. The number of carbonyl (C=O) groups is 3. The third-order valence-electron chi connectivity index (χ3n) is 12.3. The molecule has 414 valence electrons. The predicted octanol–water partition coefficient (Wildman–Crippen LogP) is 9.48. The molecule has 1 rings (SSSR count). The molecule has 1 fully saturated rings. The molecule has 4 unspecified atom stereocenters. The van der Waals surface area contributed by atoms with E-state index in [2.05, 4.69) is 16.0 Å². The largest absolute Gasteiger partial charge is 0.472 e. The van der Waals surface area contributed by atoms with E-state index in [4.69, 9.17) is 18.5 Å². The standard InChI is InChI=1S/C47H91O20P3/c1-3-5-6-7-8-9-10-14-18-21-24-27-30-34-40(49)64-39(36-41(50)62-35-31-28-25-22-19-16-13-11-12-15-17-20-23-26-29-33-38(48)32-4-2)37-63-70(60,61)67-45-42(51)43(52)46(65-68(54,55)56)47(44(45)53)66-69(57,58)59/h39,42-47,51-53H,3-37H2,1-2H3,(H,60,61)(H2,54,55,56)(H2,57,58,59)/t39-,42+,43-,44?,45?,46?,47+/m1/s1. The Balaban J connectivity index is 2.63. The maximum atomic E-state index is 13.1. The van der Waals surface area contributed by atoms with Gasteiger partial charge >= 0.3 is 35.4 Å². The molecule has 70 heavy (non-hydrogen) atoms. The lowest BCUT2D eigenvalue weighted by Crippen LogP contribution is -2.65. The second-order valence-electron chi connectivity index (χ2n) is 18.8. The highest BCUT2D eigenvalue weighted by atomic mass is 31.2. The molecule has 1 saturated carbocycles. The van der Waals surface area contributed by atoms with Gasteiger partial charge in [0.1, 0.15) is 48.5 Å². The first-order valence-corrected chi connectivity index (χ1v) is 30.8. The minimum atomic E-state index is -5.61. The van der Waals surface area contributed by atoms with Crippen LogP contribution in [-0.2, 0) is 55.6 Å². The Labute approximate surface area is 417 Å². The van der Waals surface area contributed by atoms with Crippen LogP contribution >= 0.6 is 23.5 Å². The van der Waals surface area contributed by atoms with Crippen molar-refractivity contribution in [1.82, 2.24) is 0 Å². The molecule has 0 aromatic heterocycles. The van der Waals surface area contributed by atoms with Gasteiger partial charge in [-0.1, -0.05) is 174 Å². The number of Topliss-reactive ketones (excluding diaryl/α,β-unsaturated/α-hetero) is 1. The van der Waals surface area contributed by atoms with Crippen molar-refractivity contribution in [2.45, 2.75) is 268 Å². The Kier molecular flexibility index (Phi) is 37.5. The van der Waals surface area contributed by atoms with Crippen molar-refractivity contribution in [3.8, 4) is 0 Å². The molecule has 0 saturated heterocycles. The molecule has 0 aliphatic heterocycles. The summed E-state index contributed by atoms with van der Waals surface area (Å²) >= 11 is 0. The number of hydrogen-bond acceptors (Lipinski definition) is 15. The Hall–Kier alpha value is -1.18. The minimum Gasteiger partial charge on any atom is -0.466 e. The first-order valence-electron chi connectivity index (χ1n) is 26.2. The van der Waals surface area contributed by atoms with E-state index in [0.29, 0.717) is 25.0 Å². The maximum absolute atomic E-state index is 13.1. The molecule has 20 nitrogen and oxygen atoms in total. The molecule has 0 aromatic rings. The summed E-state index contributed by atoms with van der Waals surface area (Å²) in [6, 6.07) is 0. The molecule has 0 aromatic carbocycles. The fourth-order valence-corrected chi connectivity index (χ4v) is 10.5. The summed E-state index contributed by atoms with van der Waals surface area (Å²) in [5.41, 5.74) is 0. The predicted molar refractivity (Wildman–Crippen MR) is 262 cm³/mol. The van der Waals surface area contributed by atoms with Crippen molar-refractivity contribution >= 4 is 41.2 Å². The topological polar surface area (TPSA) is 320 Å². The SMILES string of the molecule is CCCCCCCCCCCCCCCC(=O)O[C@@H](COP(=O)(O)OC1C(O)[C@H](OP(=O)(O)O)C(OP(=O)(O)O)[C@H](O)[C@@H]1O)CC(=O)OCCCCCCCCCCCCCCCCCC(=O)CCC. The number of hydrogen-bond donors (Lipinski definition) is 8. The van der Waals surface area contributed by atoms with Crippen LogP contribution in [0.3, 0.4) is 0 Å². The van der Waals surface area contributed by atoms with Gasteiger partial charge in [0.2, 0.25) is 0 Å². The average molecular weight is 1070 g/mol. The number of phosphoric acid groups is 3. The Bertz CT molecular complexity index is 1530. The van der Waals surface area contributed by atoms with E-state index < -0.39 is 91.2 Å². The number of ether oxygens (including phenoxy) is 2. The molecule has 0 bridgehead atoms. The van der Waals surface area contributed by atoms with Crippen molar-refractivity contribution < 1.29 is 95.4 Å². The van der Waals surface area contributed by atoms with Gasteiger partial charge < -0.3 is 49.3 Å². The van der Waals surface area contributed by atoms with Crippen LogP contribution in [0.2, 0.25) is 0 Å². The van der Waals surface area contributed by atoms with Gasteiger partial charge in [-0.3, -0.25) is 32.5 Å². The van der Waals surface area contributed by atoms with Gasteiger partial charge in [0.05, 0.1) is 19.6 Å². The van der Waals surface area contributed by atoms with E-state index in [9.17, 15) is 67.9 Å². The van der Waals surface area contributed by atoms with Crippen LogP contribution in [0.25, 0.3) is 0 Å². The smallest absolute Gasteiger partial charge is 0.466 e. The van der Waals surface area contributed by atoms with Gasteiger partial charge in [-0.25, -0.2) is 13.7 Å². The summed E-state index contributed by atoms with van der Waals surface area (Å²) in [5, 5.41) is 31.9. The van der Waals surface area contributed by atoms with Crippen molar-refractivity contribution in [2.24, 2.45) is 0 Å². The van der Waals surface area contributed by atoms with Gasteiger partial charge in [-0.15, -0.1) is 0 Å². The van der Waals surface area contributed by atoms with Crippen LogP contribution in [0.5, 0.6) is 0 Å². The Morgan fingerprint density at radius 1 is 0.443 bits per heavy atom. The van der Waals surface area contributed by atoms with Crippen LogP contribution in [0.4, 0.5) is 0 Å². The highest BCUT2D eigenvalue weighted by molar-refractivity contribution is 7.47. The van der Waals surface area contributed by atoms with Gasteiger partial charge in [0.15, 0.2) is 0 Å². The summed E-state index contributed by atoms with van der Waals surface area (Å²) < 4.78 is 65.6. The van der Waals surface area contributed by atoms with Crippen molar-refractivity contribution in [2.75, 3.05) is 13.2 Å². The third-order valence-corrected chi connectivity index (χ3v) is 14.3. The molecule has 8 N–H and O–H groups in total. The van der Waals surface area contributed by atoms with Crippen molar-refractivity contribution in [3.63, 3.8) is 0 Å². The quantitative estimate of drug-likeness (QED) is 0.0160. The molecule has 8 atom stereocenters. The van der Waals surface area contributed by atoms with E-state index in [1.54, 1.807) is 0 Å². The zero-order valence-corrected chi connectivity index (χ0v) is 44.8. The lowest BCUT2D eigenvalue weighted by molar-refractivity contribution is -0.213. The molecule has 0 radical (unpaired) electrons. The number of aliphatic hydroxyl groups is 3. The van der Waals surface area contributed by atoms with Crippen LogP contribution in [0.1, 0.15) is 226 Å². The molecule has 0 heterocycles. The van der Waals surface area contributed by atoms with E-state index in [1.807, 2.05) is 6.92 Å². The van der Waals surface area contributed by atoms with Gasteiger partial charge in [-0.2, -0.15) is 0 Å². The van der Waals surface area contributed by atoms with Crippen molar-refractivity contribution in [3.05, 3.63) is 0 Å². The fraction of sp³-hybridized carbons (Fsp3) is 0.936. The molecular formula is C47H91O20P3. The first kappa shape index (κ1) is 66.8.